The van der Waals surface area contributed by atoms with Crippen molar-refractivity contribution >= 4 is 11.3 Å². The van der Waals surface area contributed by atoms with E-state index in [0.29, 0.717) is 5.92 Å². The Morgan fingerprint density at radius 2 is 2.23 bits per heavy atom. The number of aliphatic hydroxyl groups is 1. The molecule has 1 saturated heterocycles. The van der Waals surface area contributed by atoms with Gasteiger partial charge in [0.25, 0.3) is 0 Å². The fourth-order valence-corrected chi connectivity index (χ4v) is 2.75. The van der Waals surface area contributed by atoms with Crippen molar-refractivity contribution < 1.29 is 9.84 Å². The van der Waals surface area contributed by atoms with E-state index < -0.39 is 0 Å². The first kappa shape index (κ1) is 9.19. The summed E-state index contributed by atoms with van der Waals surface area (Å²) in [5, 5.41) is 11.0. The summed E-state index contributed by atoms with van der Waals surface area (Å²) >= 11 is 1.77. The number of ether oxygens (including phenoxy) is 1. The Hall–Kier alpha value is -0.380. The van der Waals surface area contributed by atoms with Crippen molar-refractivity contribution in [1.29, 1.82) is 0 Å². The predicted molar refractivity (Wildman–Crippen MR) is 53.0 cm³/mol. The van der Waals surface area contributed by atoms with Gasteiger partial charge < -0.3 is 9.84 Å². The van der Waals surface area contributed by atoms with Gasteiger partial charge in [-0.1, -0.05) is 0 Å². The lowest BCUT2D eigenvalue weighted by atomic mass is 9.98. The first-order valence-corrected chi connectivity index (χ1v) is 5.54. The molecule has 13 heavy (non-hydrogen) atoms. The molecule has 1 aliphatic heterocycles. The van der Waals surface area contributed by atoms with Crippen LogP contribution in [0.1, 0.15) is 29.2 Å². The Morgan fingerprint density at radius 1 is 1.46 bits per heavy atom. The third-order valence-electron chi connectivity index (χ3n) is 2.48. The van der Waals surface area contributed by atoms with E-state index in [4.69, 9.17) is 9.84 Å². The molecule has 0 saturated carbocycles. The van der Waals surface area contributed by atoms with Gasteiger partial charge >= 0.3 is 0 Å². The van der Waals surface area contributed by atoms with Crippen molar-refractivity contribution in [2.75, 3.05) is 13.2 Å². The highest BCUT2D eigenvalue weighted by atomic mass is 32.1. The highest BCUT2D eigenvalue weighted by molar-refractivity contribution is 7.10. The zero-order valence-electron chi connectivity index (χ0n) is 7.53. The van der Waals surface area contributed by atoms with Gasteiger partial charge in [-0.15, -0.1) is 11.3 Å². The Morgan fingerprint density at radius 3 is 2.85 bits per heavy atom. The summed E-state index contributed by atoms with van der Waals surface area (Å²) in [6, 6.07) is 2.13. The number of thiophene rings is 1. The van der Waals surface area contributed by atoms with Gasteiger partial charge in [0, 0.05) is 18.1 Å². The molecule has 0 aromatic carbocycles. The molecule has 2 heterocycles. The van der Waals surface area contributed by atoms with E-state index in [1.54, 1.807) is 11.3 Å². The molecule has 0 spiro atoms. The van der Waals surface area contributed by atoms with Crippen molar-refractivity contribution in [3.05, 3.63) is 21.9 Å². The quantitative estimate of drug-likeness (QED) is 0.789. The minimum Gasteiger partial charge on any atom is -0.392 e. The van der Waals surface area contributed by atoms with E-state index in [1.165, 1.54) is 4.88 Å². The van der Waals surface area contributed by atoms with Gasteiger partial charge in [-0.05, 0) is 35.8 Å². The summed E-state index contributed by atoms with van der Waals surface area (Å²) in [4.78, 5) is 1.41. The molecule has 1 N–H and O–H groups in total. The van der Waals surface area contributed by atoms with Gasteiger partial charge in [0.1, 0.15) is 0 Å². The van der Waals surface area contributed by atoms with E-state index in [2.05, 4.69) is 6.07 Å². The molecule has 1 aromatic rings. The fraction of sp³-hybridized carbons (Fsp3) is 0.600. The third kappa shape index (κ3) is 2.10. The first-order valence-electron chi connectivity index (χ1n) is 4.66. The van der Waals surface area contributed by atoms with Gasteiger partial charge in [0.15, 0.2) is 0 Å². The van der Waals surface area contributed by atoms with Gasteiger partial charge in [0.2, 0.25) is 0 Å². The maximum absolute atomic E-state index is 8.93. The van der Waals surface area contributed by atoms with E-state index in [-0.39, 0.29) is 6.61 Å². The summed E-state index contributed by atoms with van der Waals surface area (Å²) in [7, 11) is 0. The summed E-state index contributed by atoms with van der Waals surface area (Å²) in [5.41, 5.74) is 1.05. The third-order valence-corrected chi connectivity index (χ3v) is 3.62. The van der Waals surface area contributed by atoms with Crippen molar-refractivity contribution in [2.24, 2.45) is 0 Å². The van der Waals surface area contributed by atoms with Crippen molar-refractivity contribution in [1.82, 2.24) is 0 Å². The molecule has 1 aromatic heterocycles. The van der Waals surface area contributed by atoms with E-state index in [9.17, 15) is 0 Å². The van der Waals surface area contributed by atoms with Crippen molar-refractivity contribution in [3.8, 4) is 0 Å². The van der Waals surface area contributed by atoms with Crippen LogP contribution in [0.5, 0.6) is 0 Å². The number of aliphatic hydroxyl groups excluding tert-OH is 1. The first-order chi connectivity index (χ1) is 6.40. The Balaban J connectivity index is 2.05. The van der Waals surface area contributed by atoms with Crippen LogP contribution in [0.4, 0.5) is 0 Å². The Labute approximate surface area is 82.2 Å². The van der Waals surface area contributed by atoms with Crippen LogP contribution < -0.4 is 0 Å². The lowest BCUT2D eigenvalue weighted by Gasteiger charge is -2.20. The van der Waals surface area contributed by atoms with Crippen LogP contribution in [0.25, 0.3) is 0 Å². The second kappa shape index (κ2) is 4.22. The highest BCUT2D eigenvalue weighted by Crippen LogP contribution is 2.31. The molecule has 0 bridgehead atoms. The second-order valence-corrected chi connectivity index (χ2v) is 4.34. The molecular formula is C10H14O2S. The molecule has 0 amide bonds. The van der Waals surface area contributed by atoms with Crippen LogP contribution >= 0.6 is 11.3 Å². The fourth-order valence-electron chi connectivity index (χ4n) is 1.67. The zero-order valence-corrected chi connectivity index (χ0v) is 8.35. The molecule has 72 valence electrons. The summed E-state index contributed by atoms with van der Waals surface area (Å²) in [6.07, 6.45) is 2.26. The number of hydrogen-bond donors (Lipinski definition) is 1. The molecule has 3 heteroatoms. The van der Waals surface area contributed by atoms with Crippen molar-refractivity contribution in [2.45, 2.75) is 25.4 Å². The molecule has 0 unspecified atom stereocenters. The molecule has 0 atom stereocenters. The average Bonchev–Trinajstić information content (AvgIpc) is 2.67. The molecule has 0 aliphatic carbocycles. The minimum absolute atomic E-state index is 0.166. The second-order valence-electron chi connectivity index (χ2n) is 3.40. The topological polar surface area (TPSA) is 29.5 Å². The van der Waals surface area contributed by atoms with Gasteiger partial charge in [0.05, 0.1) is 6.61 Å². The average molecular weight is 198 g/mol. The molecule has 0 radical (unpaired) electrons. The van der Waals surface area contributed by atoms with Crippen LogP contribution in [0.3, 0.4) is 0 Å². The highest BCUT2D eigenvalue weighted by Gasteiger charge is 2.17. The molecule has 1 fully saturated rings. The smallest absolute Gasteiger partial charge is 0.0690 e. The van der Waals surface area contributed by atoms with Gasteiger partial charge in [-0.25, -0.2) is 0 Å². The molecule has 2 nitrogen and oxygen atoms in total. The zero-order chi connectivity index (χ0) is 9.10. The van der Waals surface area contributed by atoms with E-state index in [0.717, 1.165) is 31.6 Å². The summed E-state index contributed by atoms with van der Waals surface area (Å²) in [6.45, 7) is 1.94. The van der Waals surface area contributed by atoms with E-state index in [1.807, 2.05) is 5.38 Å². The summed E-state index contributed by atoms with van der Waals surface area (Å²) in [5.74, 6) is 0.666. The lowest BCUT2D eigenvalue weighted by Crippen LogP contribution is -2.12. The summed E-state index contributed by atoms with van der Waals surface area (Å²) < 4.78 is 5.31. The molecular weight excluding hydrogens is 184 g/mol. The van der Waals surface area contributed by atoms with Gasteiger partial charge in [-0.3, -0.25) is 0 Å². The largest absolute Gasteiger partial charge is 0.392 e. The van der Waals surface area contributed by atoms with Crippen LogP contribution in [-0.2, 0) is 11.3 Å². The van der Waals surface area contributed by atoms with E-state index >= 15 is 0 Å². The molecule has 1 aliphatic rings. The Bertz CT molecular complexity index is 264. The van der Waals surface area contributed by atoms with Gasteiger partial charge in [-0.2, -0.15) is 0 Å². The van der Waals surface area contributed by atoms with Crippen molar-refractivity contribution in [3.63, 3.8) is 0 Å². The maximum atomic E-state index is 8.93. The Kier molecular flexibility index (Phi) is 2.98. The normalized spacial score (nSPS) is 19.2. The minimum atomic E-state index is 0.166. The number of hydrogen-bond acceptors (Lipinski definition) is 3. The predicted octanol–water partition coefficient (Wildman–Crippen LogP) is 2.13. The SMILES string of the molecule is OCc1csc(C2CCOCC2)c1. The number of rotatable bonds is 2. The maximum Gasteiger partial charge on any atom is 0.0690 e. The monoisotopic (exact) mass is 198 g/mol. The van der Waals surface area contributed by atoms with Crippen LogP contribution in [-0.4, -0.2) is 18.3 Å². The standard InChI is InChI=1S/C10H14O2S/c11-6-8-5-10(13-7-8)9-1-3-12-4-2-9/h5,7,9,11H,1-4,6H2. The lowest BCUT2D eigenvalue weighted by molar-refractivity contribution is 0.0860. The van der Waals surface area contributed by atoms with Crippen LogP contribution in [0.2, 0.25) is 0 Å². The van der Waals surface area contributed by atoms with Crippen LogP contribution in [0.15, 0.2) is 11.4 Å². The molecule has 2 rings (SSSR count). The van der Waals surface area contributed by atoms with Crippen LogP contribution in [0, 0.1) is 0 Å².